The highest BCUT2D eigenvalue weighted by molar-refractivity contribution is 8.00. The van der Waals surface area contributed by atoms with Crippen molar-refractivity contribution in [3.05, 3.63) is 79.1 Å². The average molecular weight is 615 g/mol. The Hall–Kier alpha value is -2.85. The molecule has 0 bridgehead atoms. The number of ether oxygens (including phenoxy) is 1. The van der Waals surface area contributed by atoms with E-state index >= 15 is 0 Å². The van der Waals surface area contributed by atoms with E-state index < -0.39 is 17.2 Å². The van der Waals surface area contributed by atoms with Gasteiger partial charge in [-0.3, -0.25) is 19.3 Å². The standard InChI is InChI=1S/C29H25Cl2N3O4S2/c1-14-15(13-40-28-25(27(37)34(14)28)33-22(35)10-17-5-4-8-39-17)12-38-16-6-7-20-18(9-16)29(2,3)23-21(32-20)11-19(30)26(36)24(23)31/h4-9,11,25,28H,10,12-13H2,1-3H3,(H,33,35). The summed E-state index contributed by atoms with van der Waals surface area (Å²) in [6, 6.07) is 8.99. The average Bonchev–Trinajstić information content (AvgIpc) is 3.42. The number of aliphatic imine (C=N–C) groups is 1. The Kier molecular flexibility index (Phi) is 6.97. The number of amides is 2. The lowest BCUT2D eigenvalue weighted by Crippen LogP contribution is -2.69. The van der Waals surface area contributed by atoms with Crippen molar-refractivity contribution in [2.24, 2.45) is 4.99 Å². The molecule has 2 aromatic rings. The molecule has 40 heavy (non-hydrogen) atoms. The van der Waals surface area contributed by atoms with E-state index in [1.165, 1.54) is 11.3 Å². The number of allylic oxidation sites excluding steroid dienone is 5. The Morgan fingerprint density at radius 3 is 2.80 bits per heavy atom. The fourth-order valence-corrected chi connectivity index (χ4v) is 8.27. The molecular weight excluding hydrogens is 589 g/mol. The molecule has 1 aromatic heterocycles. The Bertz CT molecular complexity index is 1590. The molecular formula is C29H25Cl2N3O4S2. The van der Waals surface area contributed by atoms with Crippen LogP contribution in [-0.4, -0.2) is 52.0 Å². The molecule has 0 saturated carbocycles. The van der Waals surface area contributed by atoms with Crippen LogP contribution >= 0.6 is 46.3 Å². The van der Waals surface area contributed by atoms with Crippen molar-refractivity contribution in [3.8, 4) is 5.75 Å². The second kappa shape index (κ2) is 10.2. The molecule has 4 heterocycles. The molecule has 7 nitrogen and oxygen atoms in total. The lowest BCUT2D eigenvalue weighted by atomic mass is 9.71. The number of thiophene rings is 1. The Morgan fingerprint density at radius 2 is 2.05 bits per heavy atom. The van der Waals surface area contributed by atoms with E-state index in [1.807, 2.05) is 56.5 Å². The highest BCUT2D eigenvalue weighted by Crippen LogP contribution is 2.48. The number of rotatable bonds is 6. The molecule has 2 amide bonds. The summed E-state index contributed by atoms with van der Waals surface area (Å²) in [4.78, 5) is 45.3. The van der Waals surface area contributed by atoms with Gasteiger partial charge in [0.15, 0.2) is 0 Å². The highest BCUT2D eigenvalue weighted by atomic mass is 35.5. The smallest absolute Gasteiger partial charge is 0.253 e. The molecule has 2 atom stereocenters. The predicted molar refractivity (Wildman–Crippen MR) is 160 cm³/mol. The first kappa shape index (κ1) is 27.3. The third-order valence-electron chi connectivity index (χ3n) is 7.65. The molecule has 1 N–H and O–H groups in total. The SMILES string of the molecule is CC1=C(COc2ccc3c(c2)C(C)(C)C2=C(Cl)C(=O)C(Cl)=CC2=N3)CSC2C(NC(=O)Cc3cccs3)C(=O)N12. The van der Waals surface area contributed by atoms with Crippen LogP contribution in [-0.2, 0) is 26.2 Å². The molecule has 0 radical (unpaired) electrons. The van der Waals surface area contributed by atoms with Crippen LogP contribution in [0.2, 0.25) is 0 Å². The summed E-state index contributed by atoms with van der Waals surface area (Å²) in [5.74, 6) is 0.703. The normalized spacial score (nSPS) is 23.1. The number of nitrogens with zero attached hydrogens (tertiary/aromatic N) is 2. The number of Topliss-reactive ketones (excluding diaryl/α,β-unsaturated/α-hetero) is 1. The van der Waals surface area contributed by atoms with Gasteiger partial charge < -0.3 is 10.1 Å². The number of thioether (sulfide) groups is 1. The van der Waals surface area contributed by atoms with Crippen LogP contribution in [0.5, 0.6) is 5.75 Å². The monoisotopic (exact) mass is 613 g/mol. The van der Waals surface area contributed by atoms with Crippen molar-refractivity contribution >= 4 is 75.3 Å². The number of fused-ring (bicyclic) bond motifs is 3. The van der Waals surface area contributed by atoms with E-state index in [0.29, 0.717) is 29.4 Å². The molecule has 206 valence electrons. The van der Waals surface area contributed by atoms with Crippen LogP contribution in [0.1, 0.15) is 31.2 Å². The van der Waals surface area contributed by atoms with Gasteiger partial charge in [0, 0.05) is 27.3 Å². The van der Waals surface area contributed by atoms with Crippen LogP contribution in [0.4, 0.5) is 5.69 Å². The maximum atomic E-state index is 12.9. The van der Waals surface area contributed by atoms with E-state index in [1.54, 1.807) is 22.7 Å². The van der Waals surface area contributed by atoms with Crippen molar-refractivity contribution in [2.45, 2.75) is 44.0 Å². The zero-order valence-corrected chi connectivity index (χ0v) is 25.1. The van der Waals surface area contributed by atoms with E-state index in [2.05, 4.69) is 5.32 Å². The molecule has 3 aliphatic heterocycles. The summed E-state index contributed by atoms with van der Waals surface area (Å²) in [6.45, 7) is 6.24. The number of carbonyl (C=O) groups is 3. The molecule has 1 fully saturated rings. The lowest BCUT2D eigenvalue weighted by Gasteiger charge is -2.50. The molecule has 4 aliphatic rings. The second-order valence-corrected chi connectivity index (χ2v) is 13.4. The molecule has 1 saturated heterocycles. The van der Waals surface area contributed by atoms with Crippen molar-refractivity contribution in [1.29, 1.82) is 0 Å². The third-order valence-corrected chi connectivity index (χ3v) is 10.5. The molecule has 6 rings (SSSR count). The second-order valence-electron chi connectivity index (χ2n) is 10.5. The molecule has 2 unspecified atom stereocenters. The van der Waals surface area contributed by atoms with Gasteiger partial charge in [-0.15, -0.1) is 23.1 Å². The van der Waals surface area contributed by atoms with Gasteiger partial charge in [-0.25, -0.2) is 4.99 Å². The van der Waals surface area contributed by atoms with Gasteiger partial charge in [0.2, 0.25) is 11.7 Å². The zero-order chi connectivity index (χ0) is 28.3. The summed E-state index contributed by atoms with van der Waals surface area (Å²) in [6.07, 6.45) is 1.85. The topological polar surface area (TPSA) is 88.1 Å². The largest absolute Gasteiger partial charge is 0.489 e. The zero-order valence-electron chi connectivity index (χ0n) is 21.9. The van der Waals surface area contributed by atoms with Gasteiger partial charge >= 0.3 is 0 Å². The Balaban J connectivity index is 1.15. The fourth-order valence-electron chi connectivity index (χ4n) is 5.44. The number of hydrogen-bond donors (Lipinski definition) is 1. The van der Waals surface area contributed by atoms with Gasteiger partial charge in [0.25, 0.3) is 5.91 Å². The molecule has 0 spiro atoms. The minimum Gasteiger partial charge on any atom is -0.489 e. The highest BCUT2D eigenvalue weighted by Gasteiger charge is 2.51. The number of benzene rings is 1. The van der Waals surface area contributed by atoms with Crippen LogP contribution < -0.4 is 10.1 Å². The van der Waals surface area contributed by atoms with Gasteiger partial charge in [0.1, 0.15) is 23.8 Å². The van der Waals surface area contributed by atoms with E-state index in [9.17, 15) is 14.4 Å². The fraction of sp³-hybridized carbons (Fsp3) is 0.310. The van der Waals surface area contributed by atoms with Gasteiger partial charge in [-0.1, -0.05) is 43.1 Å². The van der Waals surface area contributed by atoms with Crippen LogP contribution in [0.25, 0.3) is 0 Å². The minimum atomic E-state index is -0.595. The number of hydrogen-bond acceptors (Lipinski definition) is 7. The number of nitrogens with one attached hydrogen (secondary N) is 1. The summed E-state index contributed by atoms with van der Waals surface area (Å²) >= 11 is 15.7. The van der Waals surface area contributed by atoms with Crippen LogP contribution in [0.3, 0.4) is 0 Å². The van der Waals surface area contributed by atoms with Crippen molar-refractivity contribution in [1.82, 2.24) is 10.2 Å². The van der Waals surface area contributed by atoms with Crippen LogP contribution in [0, 0.1) is 0 Å². The number of ketones is 1. The van der Waals surface area contributed by atoms with Gasteiger partial charge in [-0.05, 0) is 53.8 Å². The summed E-state index contributed by atoms with van der Waals surface area (Å²) < 4.78 is 6.19. The number of halogens is 2. The summed E-state index contributed by atoms with van der Waals surface area (Å²) in [5.41, 5.74) is 4.18. The van der Waals surface area contributed by atoms with Crippen molar-refractivity contribution in [3.63, 3.8) is 0 Å². The first-order chi connectivity index (χ1) is 19.1. The maximum absolute atomic E-state index is 12.9. The minimum absolute atomic E-state index is 0.0516. The van der Waals surface area contributed by atoms with E-state index in [0.717, 1.165) is 27.4 Å². The van der Waals surface area contributed by atoms with Gasteiger partial charge in [-0.2, -0.15) is 0 Å². The number of β-lactam (4-membered cyclic amide) rings is 1. The molecule has 1 aliphatic carbocycles. The third kappa shape index (κ3) is 4.53. The molecule has 11 heteroatoms. The predicted octanol–water partition coefficient (Wildman–Crippen LogP) is 5.61. The van der Waals surface area contributed by atoms with Gasteiger partial charge in [0.05, 0.1) is 27.9 Å². The lowest BCUT2D eigenvalue weighted by molar-refractivity contribution is -0.145. The van der Waals surface area contributed by atoms with Crippen molar-refractivity contribution < 1.29 is 19.1 Å². The Labute approximate surface area is 250 Å². The maximum Gasteiger partial charge on any atom is 0.253 e. The molecule has 1 aromatic carbocycles. The summed E-state index contributed by atoms with van der Waals surface area (Å²) in [5, 5.41) is 4.87. The first-order valence-corrected chi connectivity index (χ1v) is 15.4. The summed E-state index contributed by atoms with van der Waals surface area (Å²) in [7, 11) is 0. The quantitative estimate of drug-likeness (QED) is 0.338. The van der Waals surface area contributed by atoms with Crippen LogP contribution in [0.15, 0.2) is 73.7 Å². The Morgan fingerprint density at radius 1 is 1.25 bits per heavy atom. The van der Waals surface area contributed by atoms with E-state index in [4.69, 9.17) is 32.9 Å². The first-order valence-electron chi connectivity index (χ1n) is 12.7. The number of carbonyl (C=O) groups excluding carboxylic acids is 3. The van der Waals surface area contributed by atoms with E-state index in [-0.39, 0.29) is 33.7 Å². The van der Waals surface area contributed by atoms with Crippen molar-refractivity contribution in [2.75, 3.05) is 12.4 Å².